The van der Waals surface area contributed by atoms with Gasteiger partial charge in [-0.05, 0) is 43.4 Å². The van der Waals surface area contributed by atoms with Crippen LogP contribution in [0.5, 0.6) is 5.75 Å². The van der Waals surface area contributed by atoms with Crippen molar-refractivity contribution in [2.75, 3.05) is 7.11 Å². The maximum atomic E-state index is 5.57. The van der Waals surface area contributed by atoms with Crippen LogP contribution in [-0.4, -0.2) is 7.11 Å². The van der Waals surface area contributed by atoms with Crippen molar-refractivity contribution in [1.29, 1.82) is 0 Å². The van der Waals surface area contributed by atoms with Crippen molar-refractivity contribution in [3.8, 4) is 5.75 Å². The number of hydrogen-bond donors (Lipinski definition) is 0. The highest BCUT2D eigenvalue weighted by Crippen LogP contribution is 2.47. The third-order valence-corrected chi connectivity index (χ3v) is 5.58. The van der Waals surface area contributed by atoms with E-state index in [0.29, 0.717) is 10.7 Å². The molecule has 0 bridgehead atoms. The third kappa shape index (κ3) is 2.87. The number of benzene rings is 2. The molecule has 0 saturated heterocycles. The van der Waals surface area contributed by atoms with Gasteiger partial charge in [-0.3, -0.25) is 0 Å². The van der Waals surface area contributed by atoms with Crippen molar-refractivity contribution in [1.82, 2.24) is 0 Å². The van der Waals surface area contributed by atoms with E-state index < -0.39 is 0 Å². The van der Waals surface area contributed by atoms with Gasteiger partial charge in [-0.2, -0.15) is 0 Å². The van der Waals surface area contributed by atoms with Gasteiger partial charge in [-0.25, -0.2) is 0 Å². The summed E-state index contributed by atoms with van der Waals surface area (Å²) in [5, 5.41) is 0. The van der Waals surface area contributed by atoms with E-state index >= 15 is 0 Å². The lowest BCUT2D eigenvalue weighted by Crippen LogP contribution is -2.14. The van der Waals surface area contributed by atoms with Crippen LogP contribution < -0.4 is 4.74 Å². The minimum absolute atomic E-state index is 0.300. The fraction of sp³-hybridized carbons (Fsp3) is 0.368. The Morgan fingerprint density at radius 2 is 2.00 bits per heavy atom. The lowest BCUT2D eigenvalue weighted by atomic mass is 9.79. The molecule has 3 rings (SSSR count). The summed E-state index contributed by atoms with van der Waals surface area (Å²) in [7, 11) is 1.75. The first kappa shape index (κ1) is 14.6. The average molecular weight is 345 g/mol. The maximum Gasteiger partial charge on any atom is 0.123 e. The lowest BCUT2D eigenvalue weighted by molar-refractivity contribution is 0.406. The van der Waals surface area contributed by atoms with Crippen LogP contribution >= 0.6 is 15.9 Å². The summed E-state index contributed by atoms with van der Waals surface area (Å²) >= 11 is 3.96. The molecule has 21 heavy (non-hydrogen) atoms. The molecule has 2 heteroatoms. The first-order chi connectivity index (χ1) is 10.2. The van der Waals surface area contributed by atoms with E-state index in [1.165, 1.54) is 41.5 Å². The summed E-state index contributed by atoms with van der Waals surface area (Å²) in [6.07, 6.45) is 3.69. The molecule has 0 fully saturated rings. The van der Waals surface area contributed by atoms with Crippen LogP contribution in [0.4, 0.5) is 0 Å². The predicted molar refractivity (Wildman–Crippen MR) is 91.5 cm³/mol. The highest BCUT2D eigenvalue weighted by atomic mass is 79.9. The Morgan fingerprint density at radius 1 is 1.19 bits per heavy atom. The van der Waals surface area contributed by atoms with E-state index in [9.17, 15) is 0 Å². The minimum atomic E-state index is 0.300. The van der Waals surface area contributed by atoms with E-state index in [0.717, 1.165) is 5.75 Å². The Hall–Kier alpha value is -1.28. The second-order valence-corrected chi connectivity index (χ2v) is 6.83. The van der Waals surface area contributed by atoms with Crippen LogP contribution in [0.25, 0.3) is 0 Å². The molecule has 110 valence electrons. The third-order valence-electron chi connectivity index (χ3n) is 4.45. The first-order valence-corrected chi connectivity index (χ1v) is 8.48. The van der Waals surface area contributed by atoms with Crippen LogP contribution in [0.15, 0.2) is 42.5 Å². The molecule has 2 aromatic carbocycles. The number of methoxy groups -OCH3 is 1. The highest BCUT2D eigenvalue weighted by Gasteiger charge is 2.28. The van der Waals surface area contributed by atoms with Crippen molar-refractivity contribution >= 4 is 15.9 Å². The fourth-order valence-corrected chi connectivity index (χ4v) is 4.29. The van der Waals surface area contributed by atoms with Gasteiger partial charge in [0.25, 0.3) is 0 Å². The van der Waals surface area contributed by atoms with Gasteiger partial charge < -0.3 is 4.74 Å². The SMILES string of the molecule is COc1ccc(C)cc1C(Br)C1CCCc2ccccc21. The van der Waals surface area contributed by atoms with Gasteiger partial charge in [0.2, 0.25) is 0 Å². The van der Waals surface area contributed by atoms with E-state index in [1.54, 1.807) is 7.11 Å². The zero-order chi connectivity index (χ0) is 14.8. The summed E-state index contributed by atoms with van der Waals surface area (Å²) in [6, 6.07) is 15.3. The standard InChI is InChI=1S/C19H21BrO/c1-13-10-11-18(21-2)17(12-13)19(20)16-9-5-7-14-6-3-4-8-15(14)16/h3-4,6,8,10-12,16,19H,5,7,9H2,1-2H3. The molecule has 0 aromatic heterocycles. The molecule has 2 atom stereocenters. The molecular weight excluding hydrogens is 324 g/mol. The average Bonchev–Trinajstić information content (AvgIpc) is 2.53. The van der Waals surface area contributed by atoms with Crippen LogP contribution in [0.3, 0.4) is 0 Å². The summed E-state index contributed by atoms with van der Waals surface area (Å²) in [5.41, 5.74) is 5.54. The minimum Gasteiger partial charge on any atom is -0.496 e. The zero-order valence-electron chi connectivity index (χ0n) is 12.6. The number of aryl methyl sites for hydroxylation is 2. The normalized spacial score (nSPS) is 18.9. The smallest absolute Gasteiger partial charge is 0.123 e. The molecule has 0 N–H and O–H groups in total. The van der Waals surface area contributed by atoms with Crippen LogP contribution in [0.1, 0.15) is 45.8 Å². The van der Waals surface area contributed by atoms with E-state index in [-0.39, 0.29) is 0 Å². The molecule has 1 nitrogen and oxygen atoms in total. The molecule has 2 unspecified atom stereocenters. The van der Waals surface area contributed by atoms with Crippen molar-refractivity contribution in [3.05, 3.63) is 64.7 Å². The van der Waals surface area contributed by atoms with Gasteiger partial charge in [0.15, 0.2) is 0 Å². The molecular formula is C19H21BrO. The number of ether oxygens (including phenoxy) is 1. The number of alkyl halides is 1. The molecule has 0 aliphatic heterocycles. The van der Waals surface area contributed by atoms with Crippen LogP contribution in [0.2, 0.25) is 0 Å². The van der Waals surface area contributed by atoms with Gasteiger partial charge in [0.1, 0.15) is 5.75 Å². The molecule has 0 spiro atoms. The Bertz CT molecular complexity index is 635. The Kier molecular flexibility index (Phi) is 4.34. The molecule has 2 aromatic rings. The number of fused-ring (bicyclic) bond motifs is 1. The second-order valence-electron chi connectivity index (χ2n) is 5.84. The number of rotatable bonds is 3. The van der Waals surface area contributed by atoms with Gasteiger partial charge in [0, 0.05) is 11.5 Å². The number of hydrogen-bond acceptors (Lipinski definition) is 1. The van der Waals surface area contributed by atoms with Gasteiger partial charge in [-0.15, -0.1) is 0 Å². The molecule has 0 amide bonds. The predicted octanol–water partition coefficient (Wildman–Crippen LogP) is 5.56. The molecule has 1 aliphatic carbocycles. The van der Waals surface area contributed by atoms with Crippen molar-refractivity contribution in [2.45, 2.75) is 36.9 Å². The first-order valence-electron chi connectivity index (χ1n) is 7.57. The van der Waals surface area contributed by atoms with Crippen molar-refractivity contribution in [3.63, 3.8) is 0 Å². The Morgan fingerprint density at radius 3 is 2.81 bits per heavy atom. The molecule has 1 aliphatic rings. The largest absolute Gasteiger partial charge is 0.496 e. The number of halogens is 1. The van der Waals surface area contributed by atoms with E-state index in [1.807, 2.05) is 0 Å². The molecule has 0 radical (unpaired) electrons. The van der Waals surface area contributed by atoms with Crippen LogP contribution in [-0.2, 0) is 6.42 Å². The lowest BCUT2D eigenvalue weighted by Gasteiger charge is -2.30. The molecule has 0 saturated carbocycles. The van der Waals surface area contributed by atoms with E-state index in [2.05, 4.69) is 65.3 Å². The summed E-state index contributed by atoms with van der Waals surface area (Å²) in [6.45, 7) is 2.14. The summed E-state index contributed by atoms with van der Waals surface area (Å²) in [5.74, 6) is 1.50. The maximum absolute atomic E-state index is 5.57. The van der Waals surface area contributed by atoms with Gasteiger partial charge in [0.05, 0.1) is 11.9 Å². The van der Waals surface area contributed by atoms with Crippen molar-refractivity contribution < 1.29 is 4.74 Å². The second kappa shape index (κ2) is 6.23. The topological polar surface area (TPSA) is 9.23 Å². The monoisotopic (exact) mass is 344 g/mol. The quantitative estimate of drug-likeness (QED) is 0.662. The Balaban J connectivity index is 2.00. The van der Waals surface area contributed by atoms with Crippen molar-refractivity contribution in [2.24, 2.45) is 0 Å². The summed E-state index contributed by atoms with van der Waals surface area (Å²) in [4.78, 5) is 0.300. The Labute approximate surface area is 135 Å². The highest BCUT2D eigenvalue weighted by molar-refractivity contribution is 9.09. The van der Waals surface area contributed by atoms with E-state index in [4.69, 9.17) is 4.74 Å². The molecule has 0 heterocycles. The fourth-order valence-electron chi connectivity index (χ4n) is 3.38. The zero-order valence-corrected chi connectivity index (χ0v) is 14.2. The summed E-state index contributed by atoms with van der Waals surface area (Å²) < 4.78 is 5.57. The van der Waals surface area contributed by atoms with Gasteiger partial charge in [-0.1, -0.05) is 57.9 Å². The van der Waals surface area contributed by atoms with Gasteiger partial charge >= 0.3 is 0 Å². The van der Waals surface area contributed by atoms with Crippen LogP contribution in [0, 0.1) is 6.92 Å².